The van der Waals surface area contributed by atoms with Gasteiger partial charge in [-0.15, -0.1) is 0 Å². The van der Waals surface area contributed by atoms with E-state index in [4.69, 9.17) is 11.6 Å². The van der Waals surface area contributed by atoms with Crippen LogP contribution in [0.25, 0.3) is 0 Å². The molecule has 0 saturated heterocycles. The predicted molar refractivity (Wildman–Crippen MR) is 36.3 cm³/mol. The molecule has 0 aliphatic heterocycles. The van der Waals surface area contributed by atoms with Gasteiger partial charge < -0.3 is 0 Å². The molecule has 0 bridgehead atoms. The maximum atomic E-state index is 5.75. The van der Waals surface area contributed by atoms with Gasteiger partial charge in [0, 0.05) is 0 Å². The van der Waals surface area contributed by atoms with Crippen LogP contribution in [-0.4, -0.2) is 4.57 Å². The van der Waals surface area contributed by atoms with Gasteiger partial charge in [0.25, 0.3) is 0 Å². The summed E-state index contributed by atoms with van der Waals surface area (Å²) >= 11 is 5.75. The van der Waals surface area contributed by atoms with Gasteiger partial charge in [0.15, 0.2) is 0 Å². The molecule has 0 aromatic carbocycles. The fourth-order valence-corrected chi connectivity index (χ4v) is 0.881. The minimum Gasteiger partial charge on any atom is -0.236 e. The lowest BCUT2D eigenvalue weighted by Gasteiger charge is -1.80. The fraction of sp³-hybridized carbons (Fsp3) is 0.500. The second kappa shape index (κ2) is 2.40. The van der Waals surface area contributed by atoms with Crippen LogP contribution in [0.15, 0.2) is 12.5 Å². The fourth-order valence-electron chi connectivity index (χ4n) is 0.712. The van der Waals surface area contributed by atoms with Crippen LogP contribution in [-0.2, 0) is 13.6 Å². The van der Waals surface area contributed by atoms with E-state index in [9.17, 15) is 0 Å². The number of nitrogens with zero attached hydrogens (tertiary/aromatic N) is 2. The van der Waals surface area contributed by atoms with Gasteiger partial charge in [-0.3, -0.25) is 0 Å². The number of hydrogen-bond acceptors (Lipinski definition) is 0. The van der Waals surface area contributed by atoms with E-state index >= 15 is 0 Å². The third-order valence-electron chi connectivity index (χ3n) is 1.30. The monoisotopic (exact) mass is 145 g/mol. The molecule has 0 unspecified atom stereocenters. The van der Waals surface area contributed by atoms with Crippen molar-refractivity contribution in [3.8, 4) is 0 Å². The van der Waals surface area contributed by atoms with Gasteiger partial charge in [0.2, 0.25) is 11.5 Å². The van der Waals surface area contributed by atoms with Crippen LogP contribution >= 0.6 is 11.6 Å². The van der Waals surface area contributed by atoms with Gasteiger partial charge in [0.1, 0.15) is 6.20 Å². The Hall–Kier alpha value is -0.500. The summed E-state index contributed by atoms with van der Waals surface area (Å²) in [4.78, 5) is 0. The van der Waals surface area contributed by atoms with Gasteiger partial charge >= 0.3 is 0 Å². The molecule has 0 aliphatic carbocycles. The largest absolute Gasteiger partial charge is 0.244 e. The molecule has 1 aromatic heterocycles. The van der Waals surface area contributed by atoms with Crippen molar-refractivity contribution in [2.45, 2.75) is 13.5 Å². The molecular formula is C6H10ClN2+. The van der Waals surface area contributed by atoms with Crippen LogP contribution in [0.4, 0.5) is 0 Å². The van der Waals surface area contributed by atoms with Gasteiger partial charge in [-0.2, -0.15) is 0 Å². The molecule has 1 heterocycles. The topological polar surface area (TPSA) is 8.81 Å². The molecule has 0 spiro atoms. The zero-order chi connectivity index (χ0) is 6.85. The Kier molecular flexibility index (Phi) is 1.76. The van der Waals surface area contributed by atoms with E-state index in [1.807, 2.05) is 28.7 Å². The van der Waals surface area contributed by atoms with Crippen molar-refractivity contribution in [2.24, 2.45) is 7.05 Å². The molecule has 0 radical (unpaired) electrons. The van der Waals surface area contributed by atoms with Crippen LogP contribution < -0.4 is 4.57 Å². The average Bonchev–Trinajstić information content (AvgIpc) is 2.13. The summed E-state index contributed by atoms with van der Waals surface area (Å²) in [7, 11) is 1.93. The summed E-state index contributed by atoms with van der Waals surface area (Å²) in [5, 5.41) is 0.775. The summed E-state index contributed by atoms with van der Waals surface area (Å²) in [5.74, 6) is 0. The second-order valence-corrected chi connectivity index (χ2v) is 2.40. The highest BCUT2D eigenvalue weighted by atomic mass is 35.5. The van der Waals surface area contributed by atoms with E-state index in [1.165, 1.54) is 0 Å². The molecule has 1 rings (SSSR count). The molecule has 0 aliphatic rings. The predicted octanol–water partition coefficient (Wildman–Crippen LogP) is 0.986. The number of hydrogen-bond donors (Lipinski definition) is 0. The third-order valence-corrected chi connectivity index (χ3v) is 1.66. The molecule has 9 heavy (non-hydrogen) atoms. The Labute approximate surface area is 59.7 Å². The Morgan fingerprint density at radius 2 is 2.44 bits per heavy atom. The van der Waals surface area contributed by atoms with E-state index in [-0.39, 0.29) is 0 Å². The molecule has 0 fully saturated rings. The molecule has 0 atom stereocenters. The first kappa shape index (κ1) is 6.62. The van der Waals surface area contributed by atoms with Crippen molar-refractivity contribution in [2.75, 3.05) is 0 Å². The summed E-state index contributed by atoms with van der Waals surface area (Å²) in [6.45, 7) is 3.05. The van der Waals surface area contributed by atoms with Crippen molar-refractivity contribution in [1.82, 2.24) is 4.57 Å². The van der Waals surface area contributed by atoms with Crippen LogP contribution in [0, 0.1) is 0 Å². The first-order valence-electron chi connectivity index (χ1n) is 2.95. The standard InChI is InChI=1S/C6H10ClN2/c1-3-9-4-6(7)8(2)5-9/h4-5H,3H2,1-2H3/q+1. The van der Waals surface area contributed by atoms with E-state index in [1.54, 1.807) is 0 Å². The van der Waals surface area contributed by atoms with Crippen LogP contribution in [0.5, 0.6) is 0 Å². The first-order valence-corrected chi connectivity index (χ1v) is 3.32. The molecule has 2 nitrogen and oxygen atoms in total. The van der Waals surface area contributed by atoms with Crippen molar-refractivity contribution in [1.29, 1.82) is 0 Å². The van der Waals surface area contributed by atoms with Crippen LogP contribution in [0.3, 0.4) is 0 Å². The first-order chi connectivity index (χ1) is 4.24. The molecule has 50 valence electrons. The third kappa shape index (κ3) is 1.24. The maximum absolute atomic E-state index is 5.75. The highest BCUT2D eigenvalue weighted by Gasteiger charge is 2.03. The van der Waals surface area contributed by atoms with Crippen molar-refractivity contribution >= 4 is 11.6 Å². The zero-order valence-electron chi connectivity index (χ0n) is 5.63. The lowest BCUT2D eigenvalue weighted by Crippen LogP contribution is -2.25. The zero-order valence-corrected chi connectivity index (χ0v) is 6.39. The van der Waals surface area contributed by atoms with Crippen LogP contribution in [0.2, 0.25) is 5.15 Å². The van der Waals surface area contributed by atoms with Crippen molar-refractivity contribution in [3.05, 3.63) is 17.7 Å². The second-order valence-electron chi connectivity index (χ2n) is 2.01. The number of halogens is 1. The normalized spacial score (nSPS) is 10.1. The van der Waals surface area contributed by atoms with Crippen LogP contribution in [0.1, 0.15) is 6.92 Å². The summed E-state index contributed by atoms with van der Waals surface area (Å²) in [6, 6.07) is 0. The SMILES string of the molecule is CCn1cc(Cl)[n+](C)c1. The van der Waals surface area contributed by atoms with E-state index < -0.39 is 0 Å². The van der Waals surface area contributed by atoms with Crippen molar-refractivity contribution in [3.63, 3.8) is 0 Å². The van der Waals surface area contributed by atoms with Gasteiger partial charge in [-0.25, -0.2) is 9.13 Å². The molecule has 1 aromatic rings. The highest BCUT2D eigenvalue weighted by Crippen LogP contribution is 1.98. The number of aromatic nitrogens is 2. The lowest BCUT2D eigenvalue weighted by molar-refractivity contribution is -0.668. The Balaban J connectivity index is 2.98. The molecule has 0 amide bonds. The summed E-state index contributed by atoms with van der Waals surface area (Å²) in [6.07, 6.45) is 3.86. The van der Waals surface area contributed by atoms with Gasteiger partial charge in [-0.05, 0) is 18.5 Å². The number of aryl methyl sites for hydroxylation is 2. The van der Waals surface area contributed by atoms with E-state index in [0.717, 1.165) is 11.7 Å². The molecular weight excluding hydrogens is 136 g/mol. The number of rotatable bonds is 1. The van der Waals surface area contributed by atoms with Gasteiger partial charge in [-0.1, -0.05) is 0 Å². The number of imidazole rings is 1. The quantitative estimate of drug-likeness (QED) is 0.521. The Bertz CT molecular complexity index is 185. The maximum Gasteiger partial charge on any atom is 0.244 e. The molecule has 3 heteroatoms. The smallest absolute Gasteiger partial charge is 0.236 e. The average molecular weight is 146 g/mol. The summed E-state index contributed by atoms with van der Waals surface area (Å²) in [5.41, 5.74) is 0. The minimum atomic E-state index is 0.775. The summed E-state index contributed by atoms with van der Waals surface area (Å²) < 4.78 is 3.91. The molecule has 0 N–H and O–H groups in total. The highest BCUT2D eigenvalue weighted by molar-refractivity contribution is 6.28. The van der Waals surface area contributed by atoms with Gasteiger partial charge in [0.05, 0.1) is 13.6 Å². The van der Waals surface area contributed by atoms with E-state index in [2.05, 4.69) is 6.92 Å². The van der Waals surface area contributed by atoms with Crippen molar-refractivity contribution < 1.29 is 4.57 Å². The molecule has 0 saturated carbocycles. The Morgan fingerprint density at radius 1 is 1.78 bits per heavy atom. The Morgan fingerprint density at radius 3 is 2.67 bits per heavy atom. The minimum absolute atomic E-state index is 0.775. The van der Waals surface area contributed by atoms with E-state index in [0.29, 0.717) is 0 Å². The lowest BCUT2D eigenvalue weighted by atomic mass is 10.7.